The Morgan fingerprint density at radius 1 is 0.571 bits per heavy atom. The lowest BCUT2D eigenvalue weighted by Crippen LogP contribution is -2.36. The van der Waals surface area contributed by atoms with Crippen LogP contribution in [0.4, 0.5) is 0 Å². The molecule has 4 bridgehead atoms. The van der Waals surface area contributed by atoms with Crippen LogP contribution in [0.1, 0.15) is 101 Å². The highest BCUT2D eigenvalue weighted by atomic mass is 16.6. The highest BCUT2D eigenvalue weighted by Gasteiger charge is 2.39. The fourth-order valence-electron chi connectivity index (χ4n) is 6.48. The molecular formula is C36H44O6. The van der Waals surface area contributed by atoms with Gasteiger partial charge in [0.1, 0.15) is 11.2 Å². The largest absolute Gasteiger partial charge is 0.480 e. The minimum Gasteiger partial charge on any atom is -0.480 e. The van der Waals surface area contributed by atoms with Crippen molar-refractivity contribution in [3.05, 3.63) is 95.5 Å². The second-order valence-electron chi connectivity index (χ2n) is 12.5. The zero-order valence-electron chi connectivity index (χ0n) is 25.0. The van der Waals surface area contributed by atoms with Crippen LogP contribution in [0.25, 0.3) is 0 Å². The van der Waals surface area contributed by atoms with Crippen LogP contribution < -0.4 is 0 Å². The molecule has 5 rings (SSSR count). The average molecular weight is 573 g/mol. The quantitative estimate of drug-likeness (QED) is 0.341. The second kappa shape index (κ2) is 13.6. The molecule has 0 amide bonds. The third kappa shape index (κ3) is 7.84. The van der Waals surface area contributed by atoms with Crippen LogP contribution in [-0.4, -0.2) is 36.4 Å². The summed E-state index contributed by atoms with van der Waals surface area (Å²) in [5.41, 5.74) is 1.37. The standard InChI is InChI=1S/C36H44O6/c1-35-19-11-5-13-21-40-34(38)32-24-30(28-17-9-4-10-18-28)26-36(2,42-32)20-12-6-14-22-39-33(37)31(41-35)23-29(25-35)27-15-7-3-8-16-27/h3-4,7-10,15-18,23-24,29-30H,5-6,11-14,19-22,25-26H2,1-2H3. The number of allylic oxidation sites excluding steroid dienone is 2. The maximum atomic E-state index is 13.1. The van der Waals surface area contributed by atoms with E-state index in [0.717, 1.165) is 64.2 Å². The van der Waals surface area contributed by atoms with Gasteiger partial charge in [-0.1, -0.05) is 60.7 Å². The molecule has 0 N–H and O–H groups in total. The first-order valence-corrected chi connectivity index (χ1v) is 15.6. The minimum atomic E-state index is -0.487. The van der Waals surface area contributed by atoms with Gasteiger partial charge in [0.15, 0.2) is 0 Å². The third-order valence-corrected chi connectivity index (χ3v) is 8.75. The fraction of sp³-hybridized carbons (Fsp3) is 0.500. The van der Waals surface area contributed by atoms with E-state index in [1.807, 2.05) is 48.6 Å². The van der Waals surface area contributed by atoms with Gasteiger partial charge in [-0.25, -0.2) is 9.59 Å². The fourth-order valence-corrected chi connectivity index (χ4v) is 6.48. The second-order valence-corrected chi connectivity index (χ2v) is 12.5. The Morgan fingerprint density at radius 3 is 1.38 bits per heavy atom. The van der Waals surface area contributed by atoms with Crippen LogP contribution in [0.15, 0.2) is 84.3 Å². The lowest BCUT2D eigenvalue weighted by molar-refractivity contribution is -0.148. The van der Waals surface area contributed by atoms with Gasteiger partial charge in [-0.3, -0.25) is 0 Å². The smallest absolute Gasteiger partial charge is 0.373 e. The van der Waals surface area contributed by atoms with Gasteiger partial charge < -0.3 is 18.9 Å². The number of rotatable bonds is 2. The molecule has 0 spiro atoms. The van der Waals surface area contributed by atoms with Crippen LogP contribution in [-0.2, 0) is 28.5 Å². The normalized spacial score (nSPS) is 29.9. The summed E-state index contributed by atoms with van der Waals surface area (Å²) in [5.74, 6) is 0.0296. The maximum Gasteiger partial charge on any atom is 0.373 e. The van der Waals surface area contributed by atoms with Crippen molar-refractivity contribution in [3.63, 3.8) is 0 Å². The molecule has 3 heterocycles. The van der Waals surface area contributed by atoms with Crippen molar-refractivity contribution in [2.24, 2.45) is 0 Å². The van der Waals surface area contributed by atoms with E-state index in [0.29, 0.717) is 24.7 Å². The van der Waals surface area contributed by atoms with Crippen LogP contribution in [0.3, 0.4) is 0 Å². The summed E-state index contributed by atoms with van der Waals surface area (Å²) < 4.78 is 24.0. The number of carbonyl (C=O) groups excluding carboxylic acids is 2. The summed E-state index contributed by atoms with van der Waals surface area (Å²) in [6.45, 7) is 4.85. The third-order valence-electron chi connectivity index (χ3n) is 8.75. The molecule has 3 aliphatic heterocycles. The Hall–Kier alpha value is -3.54. The molecule has 0 saturated carbocycles. The van der Waals surface area contributed by atoms with Gasteiger partial charge in [-0.05, 0) is 101 Å². The number of benzene rings is 2. The van der Waals surface area contributed by atoms with Crippen molar-refractivity contribution in [2.45, 2.75) is 101 Å². The minimum absolute atomic E-state index is 0.0828. The molecule has 1 saturated heterocycles. The van der Waals surface area contributed by atoms with Gasteiger partial charge in [-0.2, -0.15) is 0 Å². The number of ether oxygens (including phenoxy) is 4. The first-order valence-electron chi connectivity index (χ1n) is 15.6. The Balaban J connectivity index is 1.29. The van der Waals surface area contributed by atoms with Gasteiger partial charge in [0, 0.05) is 11.8 Å². The number of fused-ring (bicyclic) bond motifs is 4. The molecule has 2 aromatic carbocycles. The van der Waals surface area contributed by atoms with Crippen LogP contribution in [0, 0.1) is 0 Å². The Labute approximate surface area is 250 Å². The highest BCUT2D eigenvalue weighted by molar-refractivity contribution is 5.87. The molecule has 3 aliphatic rings. The molecular weight excluding hydrogens is 528 g/mol. The highest BCUT2D eigenvalue weighted by Crippen LogP contribution is 2.41. The monoisotopic (exact) mass is 572 g/mol. The molecule has 0 aromatic heterocycles. The van der Waals surface area contributed by atoms with E-state index >= 15 is 0 Å². The number of hydrogen-bond acceptors (Lipinski definition) is 6. The van der Waals surface area contributed by atoms with Gasteiger partial charge in [-0.15, -0.1) is 0 Å². The molecule has 6 heteroatoms. The van der Waals surface area contributed by atoms with Crippen molar-refractivity contribution in [1.82, 2.24) is 0 Å². The molecule has 4 unspecified atom stereocenters. The zero-order chi connectivity index (χ0) is 29.4. The molecule has 1 fully saturated rings. The summed E-state index contributed by atoms with van der Waals surface area (Å²) >= 11 is 0. The average Bonchev–Trinajstić information content (AvgIpc) is 3.00. The van der Waals surface area contributed by atoms with Crippen molar-refractivity contribution >= 4 is 11.9 Å². The van der Waals surface area contributed by atoms with E-state index in [9.17, 15) is 9.59 Å². The van der Waals surface area contributed by atoms with Gasteiger partial charge in [0.2, 0.25) is 11.5 Å². The van der Waals surface area contributed by atoms with E-state index in [-0.39, 0.29) is 23.8 Å². The van der Waals surface area contributed by atoms with Crippen molar-refractivity contribution < 1.29 is 28.5 Å². The molecule has 0 aliphatic carbocycles. The van der Waals surface area contributed by atoms with E-state index in [4.69, 9.17) is 18.9 Å². The predicted octanol–water partition coefficient (Wildman–Crippen LogP) is 7.90. The van der Waals surface area contributed by atoms with E-state index in [2.05, 4.69) is 38.1 Å². The van der Waals surface area contributed by atoms with Crippen molar-refractivity contribution in [3.8, 4) is 0 Å². The van der Waals surface area contributed by atoms with Crippen molar-refractivity contribution in [2.75, 3.05) is 13.2 Å². The van der Waals surface area contributed by atoms with Gasteiger partial charge in [0.05, 0.1) is 13.2 Å². The van der Waals surface area contributed by atoms with Gasteiger partial charge >= 0.3 is 11.9 Å². The van der Waals surface area contributed by atoms with Crippen molar-refractivity contribution in [1.29, 1.82) is 0 Å². The van der Waals surface area contributed by atoms with Crippen LogP contribution >= 0.6 is 0 Å². The van der Waals surface area contributed by atoms with Gasteiger partial charge in [0.25, 0.3) is 0 Å². The zero-order valence-corrected chi connectivity index (χ0v) is 25.0. The van der Waals surface area contributed by atoms with E-state index in [1.165, 1.54) is 11.1 Å². The number of carbonyl (C=O) groups is 2. The SMILES string of the molecule is CC12CCCCCOC(=O)C3=CC(c4ccccc4)CC(C)(CCCCCOC(=O)C(=CC(c4ccccc4)C1)O2)O3. The lowest BCUT2D eigenvalue weighted by atomic mass is 9.81. The van der Waals surface area contributed by atoms with Crippen LogP contribution in [0.5, 0.6) is 0 Å². The molecule has 2 aromatic rings. The van der Waals surface area contributed by atoms with Crippen LogP contribution in [0.2, 0.25) is 0 Å². The molecule has 0 radical (unpaired) electrons. The summed E-state index contributed by atoms with van der Waals surface area (Å²) in [4.78, 5) is 26.3. The molecule has 4 atom stereocenters. The van der Waals surface area contributed by atoms with E-state index < -0.39 is 11.2 Å². The molecule has 6 nitrogen and oxygen atoms in total. The summed E-state index contributed by atoms with van der Waals surface area (Å²) in [6, 6.07) is 20.5. The molecule has 42 heavy (non-hydrogen) atoms. The summed E-state index contributed by atoms with van der Waals surface area (Å²) in [7, 11) is 0. The number of esters is 2. The first kappa shape index (κ1) is 29.9. The Kier molecular flexibility index (Phi) is 9.71. The summed E-state index contributed by atoms with van der Waals surface area (Å²) in [6.07, 6.45) is 12.1. The Morgan fingerprint density at radius 2 is 0.976 bits per heavy atom. The maximum absolute atomic E-state index is 13.1. The number of cyclic esters (lactones) is 2. The number of hydrogen-bond donors (Lipinski definition) is 0. The molecule has 224 valence electrons. The predicted molar refractivity (Wildman–Crippen MR) is 162 cm³/mol. The first-order chi connectivity index (χ1) is 20.3. The van der Waals surface area contributed by atoms with E-state index in [1.54, 1.807) is 0 Å². The lowest BCUT2D eigenvalue weighted by Gasteiger charge is -2.38. The topological polar surface area (TPSA) is 71.1 Å². The summed E-state index contributed by atoms with van der Waals surface area (Å²) in [5, 5.41) is 0. The Bertz CT molecular complexity index is 1170.